The number of rotatable bonds is 8. The van der Waals surface area contributed by atoms with E-state index in [-0.39, 0.29) is 10.8 Å². The summed E-state index contributed by atoms with van der Waals surface area (Å²) >= 11 is 0. The Morgan fingerprint density at radius 2 is 1.14 bits per heavy atom. The van der Waals surface area contributed by atoms with Crippen molar-refractivity contribution in [3.8, 4) is 23.0 Å². The molecular weight excluding hydrogens is 636 g/mol. The molecule has 0 aliphatic rings. The number of nitro groups is 2. The second-order valence-corrected chi connectivity index (χ2v) is 11.4. The quantitative estimate of drug-likeness (QED) is 0.0645. The SMILES string of the molecule is O=[N+]([O-])c1cc(O)c(N=Nc2c(O)cc(O)cc2N=Nc2cc(S(=O)(=O)O)cc3cc(S(=O)(=O)O)cc(O)c23)c([N+](=O)[O-])c1. The average molecular weight is 651 g/mol. The smallest absolute Gasteiger partial charge is 0.307 e. The van der Waals surface area contributed by atoms with Gasteiger partial charge in [0.1, 0.15) is 22.9 Å². The number of non-ortho nitro benzene ring substituents is 1. The number of benzene rings is 4. The van der Waals surface area contributed by atoms with Crippen LogP contribution < -0.4 is 0 Å². The summed E-state index contributed by atoms with van der Waals surface area (Å²) in [6.07, 6.45) is 0. The van der Waals surface area contributed by atoms with Crippen LogP contribution in [0.3, 0.4) is 0 Å². The minimum atomic E-state index is -4.98. The molecule has 4 aromatic carbocycles. The van der Waals surface area contributed by atoms with E-state index >= 15 is 0 Å². The molecular formula is C22H14N6O14S2. The normalized spacial score (nSPS) is 12.3. The van der Waals surface area contributed by atoms with E-state index in [9.17, 15) is 66.6 Å². The van der Waals surface area contributed by atoms with Crippen molar-refractivity contribution in [1.82, 2.24) is 0 Å². The Morgan fingerprint density at radius 3 is 1.70 bits per heavy atom. The lowest BCUT2D eigenvalue weighted by Crippen LogP contribution is -2.00. The van der Waals surface area contributed by atoms with Crippen LogP contribution in [0.15, 0.2) is 78.8 Å². The van der Waals surface area contributed by atoms with E-state index in [1.165, 1.54) is 0 Å². The van der Waals surface area contributed by atoms with Crippen molar-refractivity contribution in [1.29, 1.82) is 0 Å². The highest BCUT2D eigenvalue weighted by atomic mass is 32.2. The van der Waals surface area contributed by atoms with Gasteiger partial charge in [-0.1, -0.05) is 0 Å². The van der Waals surface area contributed by atoms with Gasteiger partial charge < -0.3 is 20.4 Å². The molecule has 6 N–H and O–H groups in total. The molecule has 0 fully saturated rings. The molecule has 0 atom stereocenters. The molecule has 228 valence electrons. The lowest BCUT2D eigenvalue weighted by atomic mass is 10.1. The fourth-order valence-corrected chi connectivity index (χ4v) is 4.78. The first-order valence-corrected chi connectivity index (χ1v) is 14.1. The third-order valence-corrected chi connectivity index (χ3v) is 7.24. The summed E-state index contributed by atoms with van der Waals surface area (Å²) in [5, 5.41) is 77.2. The second-order valence-electron chi connectivity index (χ2n) is 8.51. The van der Waals surface area contributed by atoms with Gasteiger partial charge in [0.25, 0.3) is 25.9 Å². The summed E-state index contributed by atoms with van der Waals surface area (Å²) in [4.78, 5) is 18.6. The lowest BCUT2D eigenvalue weighted by molar-refractivity contribution is -0.393. The first-order chi connectivity index (χ1) is 20.4. The maximum absolute atomic E-state index is 11.8. The van der Waals surface area contributed by atoms with Gasteiger partial charge in [-0.25, -0.2) is 0 Å². The molecule has 0 saturated heterocycles. The highest BCUT2D eigenvalue weighted by molar-refractivity contribution is 7.86. The number of azo groups is 2. The van der Waals surface area contributed by atoms with Gasteiger partial charge in [-0.2, -0.15) is 16.8 Å². The molecule has 0 aromatic heterocycles. The molecule has 0 radical (unpaired) electrons. The van der Waals surface area contributed by atoms with Crippen LogP contribution in [0, 0.1) is 20.2 Å². The van der Waals surface area contributed by atoms with Crippen molar-refractivity contribution in [3.63, 3.8) is 0 Å². The van der Waals surface area contributed by atoms with Crippen LogP contribution in [-0.4, -0.2) is 56.2 Å². The number of hydrogen-bond donors (Lipinski definition) is 6. The number of nitro benzene ring substituents is 2. The Morgan fingerprint density at radius 1 is 0.591 bits per heavy atom. The zero-order valence-corrected chi connectivity index (χ0v) is 22.7. The average Bonchev–Trinajstić information content (AvgIpc) is 2.89. The summed E-state index contributed by atoms with van der Waals surface area (Å²) < 4.78 is 65.8. The molecule has 0 saturated carbocycles. The Balaban J connectivity index is 1.92. The zero-order chi connectivity index (χ0) is 32.7. The topological polar surface area (TPSA) is 325 Å². The van der Waals surface area contributed by atoms with Crippen molar-refractivity contribution in [3.05, 3.63) is 68.8 Å². The van der Waals surface area contributed by atoms with E-state index in [4.69, 9.17) is 0 Å². The Bertz CT molecular complexity index is 2180. The highest BCUT2D eigenvalue weighted by Crippen LogP contribution is 2.46. The van der Waals surface area contributed by atoms with Gasteiger partial charge in [0.05, 0.1) is 42.8 Å². The number of phenols is 4. The highest BCUT2D eigenvalue weighted by Gasteiger charge is 2.25. The van der Waals surface area contributed by atoms with Crippen LogP contribution >= 0.6 is 0 Å². The molecule has 0 unspecified atom stereocenters. The number of hydrogen-bond acceptors (Lipinski definition) is 16. The maximum Gasteiger partial charge on any atom is 0.307 e. The summed E-state index contributed by atoms with van der Waals surface area (Å²) in [6.45, 7) is 0. The second kappa shape index (κ2) is 11.1. The van der Waals surface area contributed by atoms with Gasteiger partial charge in [0.2, 0.25) is 5.69 Å². The van der Waals surface area contributed by atoms with Gasteiger partial charge >= 0.3 is 5.69 Å². The molecule has 4 aromatic rings. The van der Waals surface area contributed by atoms with Crippen LogP contribution in [-0.2, 0) is 20.2 Å². The van der Waals surface area contributed by atoms with Crippen molar-refractivity contribution < 1.29 is 56.2 Å². The van der Waals surface area contributed by atoms with E-state index < -0.39 is 97.0 Å². The van der Waals surface area contributed by atoms with E-state index in [1.807, 2.05) is 0 Å². The molecule has 0 aliphatic carbocycles. The van der Waals surface area contributed by atoms with Crippen molar-refractivity contribution in [2.75, 3.05) is 0 Å². The Hall–Kier alpha value is -5.84. The lowest BCUT2D eigenvalue weighted by Gasteiger charge is -2.09. The molecule has 0 aliphatic heterocycles. The molecule has 0 spiro atoms. The van der Waals surface area contributed by atoms with Crippen molar-refractivity contribution >= 4 is 65.1 Å². The number of nitrogens with zero attached hydrogens (tertiary/aromatic N) is 6. The van der Waals surface area contributed by atoms with Gasteiger partial charge in [-0.3, -0.25) is 29.3 Å². The maximum atomic E-state index is 11.8. The van der Waals surface area contributed by atoms with Crippen LogP contribution in [0.1, 0.15) is 0 Å². The monoisotopic (exact) mass is 650 g/mol. The molecule has 4 rings (SSSR count). The summed E-state index contributed by atoms with van der Waals surface area (Å²) in [5.41, 5.74) is -4.52. The summed E-state index contributed by atoms with van der Waals surface area (Å²) in [5.74, 6) is -3.38. The van der Waals surface area contributed by atoms with Gasteiger partial charge in [0, 0.05) is 18.2 Å². The van der Waals surface area contributed by atoms with Gasteiger partial charge in [-0.05, 0) is 23.6 Å². The molecule has 0 amide bonds. The Kier molecular flexibility index (Phi) is 7.85. The van der Waals surface area contributed by atoms with Crippen LogP contribution in [0.2, 0.25) is 0 Å². The van der Waals surface area contributed by atoms with Crippen molar-refractivity contribution in [2.24, 2.45) is 20.5 Å². The Labute approximate surface area is 243 Å². The van der Waals surface area contributed by atoms with E-state index in [0.29, 0.717) is 24.3 Å². The van der Waals surface area contributed by atoms with E-state index in [1.54, 1.807) is 0 Å². The van der Waals surface area contributed by atoms with E-state index in [2.05, 4.69) is 20.5 Å². The molecule has 0 bridgehead atoms. The zero-order valence-electron chi connectivity index (χ0n) is 21.1. The predicted octanol–water partition coefficient (Wildman–Crippen LogP) is 4.80. The van der Waals surface area contributed by atoms with Gasteiger partial charge in [-0.15, -0.1) is 20.5 Å². The standard InChI is InChI=1S/C22H14N6O14S2/c29-11-5-15(21(19(32)6-11)25-26-22-16(28(35)36)3-10(27(33)34)4-18(22)31)24-23-14-7-12(43(37,38)39)1-9-2-13(44(40,41)42)8-17(30)20(9)14/h1-8,29-32H,(H,37,38,39)(H,40,41,42). The first kappa shape index (κ1) is 31.1. The fraction of sp³-hybridized carbons (Fsp3) is 0. The van der Waals surface area contributed by atoms with Crippen molar-refractivity contribution in [2.45, 2.75) is 9.79 Å². The molecule has 22 heteroatoms. The van der Waals surface area contributed by atoms with Gasteiger partial charge in [0.15, 0.2) is 11.4 Å². The summed E-state index contributed by atoms with van der Waals surface area (Å²) in [6, 6.07) is 5.40. The first-order valence-electron chi connectivity index (χ1n) is 11.2. The predicted molar refractivity (Wildman–Crippen MR) is 145 cm³/mol. The minimum Gasteiger partial charge on any atom is -0.508 e. The van der Waals surface area contributed by atoms with Crippen LogP contribution in [0.4, 0.5) is 34.1 Å². The van der Waals surface area contributed by atoms with E-state index in [0.717, 1.165) is 24.3 Å². The number of phenolic OH excluding ortho intramolecular Hbond substituents is 4. The fourth-order valence-electron chi connectivity index (χ4n) is 3.71. The summed E-state index contributed by atoms with van der Waals surface area (Å²) in [7, 11) is -9.87. The molecule has 20 nitrogen and oxygen atoms in total. The number of fused-ring (bicyclic) bond motifs is 1. The largest absolute Gasteiger partial charge is 0.508 e. The van der Waals surface area contributed by atoms with Crippen LogP contribution in [0.25, 0.3) is 10.8 Å². The minimum absolute atomic E-state index is 0.340. The molecule has 44 heavy (non-hydrogen) atoms. The third kappa shape index (κ3) is 6.31. The molecule has 0 heterocycles. The number of aromatic hydroxyl groups is 4. The van der Waals surface area contributed by atoms with Crippen LogP contribution in [0.5, 0.6) is 23.0 Å². The third-order valence-electron chi connectivity index (χ3n) is 5.58.